The van der Waals surface area contributed by atoms with Crippen molar-refractivity contribution in [2.45, 2.75) is 25.0 Å². The zero-order chi connectivity index (χ0) is 13.2. The summed E-state index contributed by atoms with van der Waals surface area (Å²) in [7, 11) is 1.91. The Balaban J connectivity index is 1.78. The van der Waals surface area contributed by atoms with E-state index in [1.165, 1.54) is 0 Å². The number of hydrogen-bond donors (Lipinski definition) is 0. The summed E-state index contributed by atoms with van der Waals surface area (Å²) in [6.07, 6.45) is 5.51. The summed E-state index contributed by atoms with van der Waals surface area (Å²) in [5, 5.41) is 4.22. The molecule has 3 rings (SSSR count). The second-order valence-corrected chi connectivity index (χ2v) is 6.22. The van der Waals surface area contributed by atoms with Gasteiger partial charge in [0.05, 0.1) is 12.2 Å². The molecule has 2 atom stereocenters. The summed E-state index contributed by atoms with van der Waals surface area (Å²) in [6, 6.07) is 0.143. The zero-order valence-corrected chi connectivity index (χ0v) is 11.9. The van der Waals surface area contributed by atoms with Gasteiger partial charge < -0.3 is 9.64 Å². The van der Waals surface area contributed by atoms with Crippen molar-refractivity contribution in [2.24, 2.45) is 7.05 Å². The molecule has 3 heterocycles. The Morgan fingerprint density at radius 2 is 2.47 bits per heavy atom. The van der Waals surface area contributed by atoms with E-state index in [-0.39, 0.29) is 18.1 Å². The fraction of sp³-hybridized carbons (Fsp3) is 0.692. The summed E-state index contributed by atoms with van der Waals surface area (Å²) in [6.45, 7) is 1.53. The van der Waals surface area contributed by atoms with Gasteiger partial charge in [-0.3, -0.25) is 9.48 Å². The lowest BCUT2D eigenvalue weighted by molar-refractivity contribution is -0.143. The number of hydrogen-bond acceptors (Lipinski definition) is 4. The number of aromatic nitrogens is 2. The Labute approximate surface area is 117 Å². The molecule has 2 aliphatic heterocycles. The summed E-state index contributed by atoms with van der Waals surface area (Å²) in [5.41, 5.74) is 1.13. The van der Waals surface area contributed by atoms with Crippen molar-refractivity contribution in [1.82, 2.24) is 14.7 Å². The fourth-order valence-electron chi connectivity index (χ4n) is 2.71. The fourth-order valence-corrected chi connectivity index (χ4v) is 3.80. The lowest BCUT2D eigenvalue weighted by Crippen LogP contribution is -2.45. The van der Waals surface area contributed by atoms with Crippen molar-refractivity contribution in [3.8, 4) is 0 Å². The van der Waals surface area contributed by atoms with Gasteiger partial charge in [0.1, 0.15) is 6.10 Å². The number of nitrogens with zero attached hydrogens (tertiary/aromatic N) is 3. The predicted octanol–water partition coefficient (Wildman–Crippen LogP) is 1.22. The standard InChI is InChI=1S/C13H19N3O2S/c1-15-8-10(7-14-15)11-9-19-6-4-16(11)13(17)12-3-2-5-18-12/h7-8,11-12H,2-6,9H2,1H3/t11-,12-/m1/s1. The van der Waals surface area contributed by atoms with Crippen LogP contribution >= 0.6 is 11.8 Å². The maximum Gasteiger partial charge on any atom is 0.252 e. The van der Waals surface area contributed by atoms with Crippen LogP contribution in [0.2, 0.25) is 0 Å². The molecule has 1 aromatic rings. The number of thioether (sulfide) groups is 1. The minimum absolute atomic E-state index is 0.143. The number of amides is 1. The van der Waals surface area contributed by atoms with E-state index in [1.807, 2.05) is 36.1 Å². The summed E-state index contributed by atoms with van der Waals surface area (Å²) < 4.78 is 7.33. The molecule has 19 heavy (non-hydrogen) atoms. The van der Waals surface area contributed by atoms with Crippen LogP contribution in [0.1, 0.15) is 24.4 Å². The number of carbonyl (C=O) groups is 1. The monoisotopic (exact) mass is 281 g/mol. The lowest BCUT2D eigenvalue weighted by atomic mass is 10.1. The van der Waals surface area contributed by atoms with Gasteiger partial charge in [0.2, 0.25) is 0 Å². The van der Waals surface area contributed by atoms with Crippen LogP contribution in [0.3, 0.4) is 0 Å². The van der Waals surface area contributed by atoms with Crippen LogP contribution in [0.25, 0.3) is 0 Å². The molecule has 0 bridgehead atoms. The molecule has 6 heteroatoms. The molecule has 2 saturated heterocycles. The maximum absolute atomic E-state index is 12.6. The Morgan fingerprint density at radius 3 is 3.16 bits per heavy atom. The zero-order valence-electron chi connectivity index (χ0n) is 11.1. The van der Waals surface area contributed by atoms with Crippen molar-refractivity contribution >= 4 is 17.7 Å². The third kappa shape index (κ3) is 2.65. The lowest BCUT2D eigenvalue weighted by Gasteiger charge is -2.36. The van der Waals surface area contributed by atoms with Gasteiger partial charge in [-0.15, -0.1) is 0 Å². The van der Waals surface area contributed by atoms with Crippen LogP contribution in [0.15, 0.2) is 12.4 Å². The summed E-state index contributed by atoms with van der Waals surface area (Å²) in [4.78, 5) is 14.5. The van der Waals surface area contributed by atoms with Crippen LogP contribution in [-0.2, 0) is 16.6 Å². The van der Waals surface area contributed by atoms with E-state index >= 15 is 0 Å². The molecule has 2 aliphatic rings. The van der Waals surface area contributed by atoms with E-state index in [2.05, 4.69) is 5.10 Å². The molecule has 1 amide bonds. The summed E-state index contributed by atoms with van der Waals surface area (Å²) >= 11 is 1.90. The minimum Gasteiger partial charge on any atom is -0.368 e. The van der Waals surface area contributed by atoms with Crippen LogP contribution in [0, 0.1) is 0 Å². The molecular formula is C13H19N3O2S. The van der Waals surface area contributed by atoms with Gasteiger partial charge in [-0.25, -0.2) is 0 Å². The first kappa shape index (κ1) is 13.0. The first-order valence-electron chi connectivity index (χ1n) is 6.74. The normalized spacial score (nSPS) is 27.7. The van der Waals surface area contributed by atoms with Gasteiger partial charge in [-0.05, 0) is 12.8 Å². The van der Waals surface area contributed by atoms with Gasteiger partial charge in [0.25, 0.3) is 5.91 Å². The van der Waals surface area contributed by atoms with Gasteiger partial charge in [0, 0.05) is 43.5 Å². The van der Waals surface area contributed by atoms with Crippen molar-refractivity contribution < 1.29 is 9.53 Å². The smallest absolute Gasteiger partial charge is 0.252 e. The first-order valence-corrected chi connectivity index (χ1v) is 7.89. The Kier molecular flexibility index (Phi) is 3.79. The van der Waals surface area contributed by atoms with Crippen molar-refractivity contribution in [1.29, 1.82) is 0 Å². The topological polar surface area (TPSA) is 47.4 Å². The number of carbonyl (C=O) groups excluding carboxylic acids is 1. The second kappa shape index (κ2) is 5.54. The number of rotatable bonds is 2. The Morgan fingerprint density at radius 1 is 1.58 bits per heavy atom. The highest BCUT2D eigenvalue weighted by molar-refractivity contribution is 7.99. The second-order valence-electron chi connectivity index (χ2n) is 5.07. The molecule has 0 aromatic carbocycles. The Bertz CT molecular complexity index is 456. The maximum atomic E-state index is 12.6. The van der Waals surface area contributed by atoms with Crippen LogP contribution in [0.4, 0.5) is 0 Å². The molecule has 0 unspecified atom stereocenters. The molecule has 0 saturated carbocycles. The molecule has 1 aromatic heterocycles. The highest BCUT2D eigenvalue weighted by Gasteiger charge is 2.35. The average Bonchev–Trinajstić information content (AvgIpc) is 3.09. The van der Waals surface area contributed by atoms with E-state index in [0.717, 1.165) is 43.1 Å². The van der Waals surface area contributed by atoms with Crippen LogP contribution in [-0.4, -0.2) is 51.3 Å². The third-order valence-corrected chi connectivity index (χ3v) is 4.75. The highest BCUT2D eigenvalue weighted by Crippen LogP contribution is 2.31. The van der Waals surface area contributed by atoms with E-state index < -0.39 is 0 Å². The van der Waals surface area contributed by atoms with Gasteiger partial charge in [-0.1, -0.05) is 0 Å². The number of aryl methyl sites for hydroxylation is 1. The minimum atomic E-state index is -0.220. The molecule has 0 N–H and O–H groups in total. The molecule has 0 spiro atoms. The first-order chi connectivity index (χ1) is 9.25. The van der Waals surface area contributed by atoms with Gasteiger partial charge in [0.15, 0.2) is 0 Å². The molecule has 5 nitrogen and oxygen atoms in total. The molecule has 2 fully saturated rings. The largest absolute Gasteiger partial charge is 0.368 e. The van der Waals surface area contributed by atoms with E-state index in [4.69, 9.17) is 4.74 Å². The molecular weight excluding hydrogens is 262 g/mol. The molecule has 0 radical (unpaired) electrons. The van der Waals surface area contributed by atoms with E-state index in [1.54, 1.807) is 4.68 Å². The predicted molar refractivity (Wildman–Crippen MR) is 74.0 cm³/mol. The van der Waals surface area contributed by atoms with Crippen molar-refractivity contribution in [3.63, 3.8) is 0 Å². The SMILES string of the molecule is Cn1cc([C@H]2CSCCN2C(=O)[C@H]2CCCO2)cn1. The molecule has 104 valence electrons. The van der Waals surface area contributed by atoms with Crippen LogP contribution in [0.5, 0.6) is 0 Å². The van der Waals surface area contributed by atoms with E-state index in [9.17, 15) is 4.79 Å². The van der Waals surface area contributed by atoms with E-state index in [0.29, 0.717) is 0 Å². The highest BCUT2D eigenvalue weighted by atomic mass is 32.2. The third-order valence-electron chi connectivity index (χ3n) is 3.73. The van der Waals surface area contributed by atoms with Crippen molar-refractivity contribution in [2.75, 3.05) is 24.7 Å². The average molecular weight is 281 g/mol. The van der Waals surface area contributed by atoms with Gasteiger partial charge in [-0.2, -0.15) is 16.9 Å². The summed E-state index contributed by atoms with van der Waals surface area (Å²) in [5.74, 6) is 2.12. The van der Waals surface area contributed by atoms with Crippen molar-refractivity contribution in [3.05, 3.63) is 18.0 Å². The van der Waals surface area contributed by atoms with Crippen LogP contribution < -0.4 is 0 Å². The Hall–Kier alpha value is -1.01. The quantitative estimate of drug-likeness (QED) is 0.817. The van der Waals surface area contributed by atoms with Gasteiger partial charge >= 0.3 is 0 Å². The number of ether oxygens (including phenoxy) is 1. The molecule has 0 aliphatic carbocycles.